The summed E-state index contributed by atoms with van der Waals surface area (Å²) in [6.07, 6.45) is 0.406. The molecule has 0 aliphatic carbocycles. The predicted molar refractivity (Wildman–Crippen MR) is 80.1 cm³/mol. The lowest BCUT2D eigenvalue weighted by Gasteiger charge is -2.15. The average molecular weight is 274 g/mol. The Morgan fingerprint density at radius 3 is 2.47 bits per heavy atom. The standard InChI is InChI=1S/C15H18N2OS/c1-15(2,3)13(18)8-14-17-12(9-19-14)10-4-6-11(16)7-5-10/h4-7,9H,8,16H2,1-3H3. The predicted octanol–water partition coefficient (Wildman–Crippen LogP) is 3.55. The molecule has 1 aromatic carbocycles. The molecule has 0 atom stereocenters. The molecule has 0 saturated heterocycles. The molecule has 0 amide bonds. The number of anilines is 1. The summed E-state index contributed by atoms with van der Waals surface area (Å²) in [5.41, 5.74) is 8.02. The van der Waals surface area contributed by atoms with Crippen LogP contribution >= 0.6 is 11.3 Å². The van der Waals surface area contributed by atoms with Crippen molar-refractivity contribution < 1.29 is 4.79 Å². The topological polar surface area (TPSA) is 56.0 Å². The second-order valence-corrected chi connectivity index (χ2v) is 6.54. The van der Waals surface area contributed by atoms with Gasteiger partial charge in [0.25, 0.3) is 0 Å². The molecule has 0 bridgehead atoms. The number of benzene rings is 1. The van der Waals surface area contributed by atoms with Crippen LogP contribution < -0.4 is 5.73 Å². The molecule has 1 heterocycles. The molecule has 19 heavy (non-hydrogen) atoms. The van der Waals surface area contributed by atoms with E-state index in [1.54, 1.807) is 0 Å². The number of hydrogen-bond donors (Lipinski definition) is 1. The van der Waals surface area contributed by atoms with Gasteiger partial charge in [-0.15, -0.1) is 11.3 Å². The Hall–Kier alpha value is -1.68. The van der Waals surface area contributed by atoms with Gasteiger partial charge in [0.15, 0.2) is 0 Å². The molecule has 0 fully saturated rings. The van der Waals surface area contributed by atoms with Crippen molar-refractivity contribution >= 4 is 22.8 Å². The van der Waals surface area contributed by atoms with E-state index in [2.05, 4.69) is 4.98 Å². The van der Waals surface area contributed by atoms with E-state index in [4.69, 9.17) is 5.73 Å². The van der Waals surface area contributed by atoms with Gasteiger partial charge in [0.05, 0.1) is 12.1 Å². The molecular weight excluding hydrogens is 256 g/mol. The van der Waals surface area contributed by atoms with Crippen LogP contribution in [0.15, 0.2) is 29.6 Å². The minimum atomic E-state index is -0.312. The van der Waals surface area contributed by atoms with Gasteiger partial charge in [-0.2, -0.15) is 0 Å². The largest absolute Gasteiger partial charge is 0.399 e. The van der Waals surface area contributed by atoms with Crippen LogP contribution in [0.3, 0.4) is 0 Å². The highest BCUT2D eigenvalue weighted by atomic mass is 32.1. The second-order valence-electron chi connectivity index (χ2n) is 5.60. The van der Waals surface area contributed by atoms with Crippen LogP contribution in [0.25, 0.3) is 11.3 Å². The Balaban J connectivity index is 2.16. The molecular formula is C15H18N2OS. The zero-order chi connectivity index (χ0) is 14.0. The van der Waals surface area contributed by atoms with E-state index in [0.717, 1.165) is 22.0 Å². The number of carbonyl (C=O) groups excluding carboxylic acids is 1. The van der Waals surface area contributed by atoms with Crippen molar-refractivity contribution in [1.29, 1.82) is 0 Å². The highest BCUT2D eigenvalue weighted by molar-refractivity contribution is 7.10. The summed E-state index contributed by atoms with van der Waals surface area (Å²) in [4.78, 5) is 16.5. The summed E-state index contributed by atoms with van der Waals surface area (Å²) in [5, 5.41) is 2.85. The first-order chi connectivity index (χ1) is 8.86. The molecule has 100 valence electrons. The van der Waals surface area contributed by atoms with Gasteiger partial charge in [0.2, 0.25) is 0 Å². The van der Waals surface area contributed by atoms with Gasteiger partial charge in [-0.25, -0.2) is 4.98 Å². The second kappa shape index (κ2) is 5.13. The number of thiazole rings is 1. The monoisotopic (exact) mass is 274 g/mol. The maximum atomic E-state index is 12.0. The summed E-state index contributed by atoms with van der Waals surface area (Å²) in [5.74, 6) is 0.214. The third kappa shape index (κ3) is 3.41. The zero-order valence-corrected chi connectivity index (χ0v) is 12.3. The highest BCUT2D eigenvalue weighted by Gasteiger charge is 2.22. The molecule has 0 saturated carbocycles. The minimum absolute atomic E-state index is 0.214. The lowest BCUT2D eigenvalue weighted by Crippen LogP contribution is -2.21. The minimum Gasteiger partial charge on any atom is -0.399 e. The number of carbonyl (C=O) groups is 1. The summed E-state index contributed by atoms with van der Waals surface area (Å²) < 4.78 is 0. The van der Waals surface area contributed by atoms with E-state index in [1.165, 1.54) is 11.3 Å². The number of nitrogens with zero attached hydrogens (tertiary/aromatic N) is 1. The summed E-state index contributed by atoms with van der Waals surface area (Å²) >= 11 is 1.53. The molecule has 0 spiro atoms. The fourth-order valence-corrected chi connectivity index (χ4v) is 2.38. The Kier molecular flexibility index (Phi) is 3.71. The van der Waals surface area contributed by atoms with E-state index < -0.39 is 0 Å². The third-order valence-corrected chi connectivity index (χ3v) is 3.76. The quantitative estimate of drug-likeness (QED) is 0.871. The van der Waals surface area contributed by atoms with Crippen LogP contribution in [0.1, 0.15) is 25.8 Å². The first-order valence-corrected chi connectivity index (χ1v) is 7.08. The number of aromatic nitrogens is 1. The first-order valence-electron chi connectivity index (χ1n) is 6.20. The molecule has 1 aromatic heterocycles. The summed E-state index contributed by atoms with van der Waals surface area (Å²) in [7, 11) is 0. The number of hydrogen-bond acceptors (Lipinski definition) is 4. The van der Waals surface area contributed by atoms with Gasteiger partial charge in [0.1, 0.15) is 10.8 Å². The van der Waals surface area contributed by atoms with Crippen LogP contribution in [-0.4, -0.2) is 10.8 Å². The van der Waals surface area contributed by atoms with Crippen LogP contribution in [0, 0.1) is 5.41 Å². The van der Waals surface area contributed by atoms with Crippen molar-refractivity contribution in [2.75, 3.05) is 5.73 Å². The van der Waals surface area contributed by atoms with Crippen LogP contribution in [0.5, 0.6) is 0 Å². The van der Waals surface area contributed by atoms with Crippen molar-refractivity contribution in [3.05, 3.63) is 34.7 Å². The number of nitrogens with two attached hydrogens (primary N) is 1. The van der Waals surface area contributed by atoms with Crippen LogP contribution in [-0.2, 0) is 11.2 Å². The number of Topliss-reactive ketones (excluding diaryl/α,β-unsaturated/α-hetero) is 1. The SMILES string of the molecule is CC(C)(C)C(=O)Cc1nc(-c2ccc(N)cc2)cs1. The normalized spacial score (nSPS) is 11.5. The van der Waals surface area contributed by atoms with Crippen LogP contribution in [0.4, 0.5) is 5.69 Å². The molecule has 3 nitrogen and oxygen atoms in total. The van der Waals surface area contributed by atoms with E-state index in [-0.39, 0.29) is 11.2 Å². The smallest absolute Gasteiger partial charge is 0.144 e. The Labute approximate surface area is 117 Å². The first kappa shape index (κ1) is 13.7. The average Bonchev–Trinajstić information content (AvgIpc) is 2.77. The third-order valence-electron chi connectivity index (χ3n) is 2.91. The fraction of sp³-hybridized carbons (Fsp3) is 0.333. The van der Waals surface area contributed by atoms with Gasteiger partial charge in [-0.3, -0.25) is 4.79 Å². The maximum absolute atomic E-state index is 12.0. The Morgan fingerprint density at radius 1 is 1.26 bits per heavy atom. The number of rotatable bonds is 3. The summed E-state index contributed by atoms with van der Waals surface area (Å²) in [6.45, 7) is 5.80. The van der Waals surface area contributed by atoms with E-state index in [1.807, 2.05) is 50.4 Å². The van der Waals surface area contributed by atoms with Crippen molar-refractivity contribution in [3.8, 4) is 11.3 Å². The molecule has 2 aromatic rings. The molecule has 0 aliphatic rings. The molecule has 0 aliphatic heterocycles. The molecule has 0 unspecified atom stereocenters. The summed E-state index contributed by atoms with van der Waals surface area (Å²) in [6, 6.07) is 7.60. The van der Waals surface area contributed by atoms with Crippen molar-refractivity contribution in [2.24, 2.45) is 5.41 Å². The van der Waals surface area contributed by atoms with Gasteiger partial charge < -0.3 is 5.73 Å². The zero-order valence-electron chi connectivity index (χ0n) is 11.4. The van der Waals surface area contributed by atoms with Crippen LogP contribution in [0.2, 0.25) is 0 Å². The van der Waals surface area contributed by atoms with Gasteiger partial charge in [0, 0.05) is 22.0 Å². The lowest BCUT2D eigenvalue weighted by molar-refractivity contribution is -0.125. The maximum Gasteiger partial charge on any atom is 0.144 e. The Bertz CT molecular complexity index is 579. The Morgan fingerprint density at radius 2 is 1.89 bits per heavy atom. The van der Waals surface area contributed by atoms with Crippen molar-refractivity contribution in [1.82, 2.24) is 4.98 Å². The van der Waals surface area contributed by atoms with E-state index >= 15 is 0 Å². The molecule has 4 heteroatoms. The van der Waals surface area contributed by atoms with E-state index in [0.29, 0.717) is 6.42 Å². The van der Waals surface area contributed by atoms with Crippen molar-refractivity contribution in [2.45, 2.75) is 27.2 Å². The number of nitrogen functional groups attached to an aromatic ring is 1. The molecule has 0 radical (unpaired) electrons. The van der Waals surface area contributed by atoms with Gasteiger partial charge in [-0.1, -0.05) is 32.9 Å². The molecule has 2 rings (SSSR count). The highest BCUT2D eigenvalue weighted by Crippen LogP contribution is 2.25. The lowest BCUT2D eigenvalue weighted by atomic mass is 9.89. The van der Waals surface area contributed by atoms with Crippen molar-refractivity contribution in [3.63, 3.8) is 0 Å². The molecule has 2 N–H and O–H groups in total. The number of ketones is 1. The van der Waals surface area contributed by atoms with Gasteiger partial charge in [-0.05, 0) is 12.1 Å². The fourth-order valence-electron chi connectivity index (χ4n) is 1.58. The van der Waals surface area contributed by atoms with Gasteiger partial charge >= 0.3 is 0 Å². The van der Waals surface area contributed by atoms with E-state index in [9.17, 15) is 4.79 Å².